The van der Waals surface area contributed by atoms with Crippen LogP contribution in [0.15, 0.2) is 43.2 Å². The zero-order valence-electron chi connectivity index (χ0n) is 17.2. The van der Waals surface area contributed by atoms with Crippen LogP contribution in [0.4, 0.5) is 5.82 Å². The second-order valence-corrected chi connectivity index (χ2v) is 8.22. The van der Waals surface area contributed by atoms with E-state index in [2.05, 4.69) is 19.9 Å². The molecule has 2 atom stereocenters. The first-order valence-corrected chi connectivity index (χ1v) is 10.3. The molecule has 0 aliphatic carbocycles. The summed E-state index contributed by atoms with van der Waals surface area (Å²) in [4.78, 5) is 31.8. The van der Waals surface area contributed by atoms with Gasteiger partial charge in [-0.25, -0.2) is 19.9 Å². The molecular formula is C21H24N8O2. The van der Waals surface area contributed by atoms with Crippen LogP contribution in [-0.2, 0) is 11.3 Å². The number of hydrogen-bond donors (Lipinski definition) is 2. The number of carbonyl (C=O) groups is 1. The molecule has 0 saturated carbocycles. The number of rotatable bonds is 4. The first-order valence-electron chi connectivity index (χ1n) is 10.3. The average molecular weight is 420 g/mol. The number of likely N-dealkylation sites (tertiary alicyclic amines) is 1. The van der Waals surface area contributed by atoms with Gasteiger partial charge in [0.2, 0.25) is 5.91 Å². The third-order valence-corrected chi connectivity index (χ3v) is 6.17. The number of para-hydroxylation sites is 2. The predicted molar refractivity (Wildman–Crippen MR) is 115 cm³/mol. The van der Waals surface area contributed by atoms with Crippen molar-refractivity contribution in [3.63, 3.8) is 0 Å². The highest BCUT2D eigenvalue weighted by molar-refractivity contribution is 5.81. The largest absolute Gasteiger partial charge is 0.388 e. The van der Waals surface area contributed by atoms with E-state index in [4.69, 9.17) is 5.73 Å². The molecule has 10 heteroatoms. The van der Waals surface area contributed by atoms with E-state index in [1.807, 2.05) is 28.8 Å². The Bertz CT molecular complexity index is 1260. The number of aromatic nitrogens is 6. The summed E-state index contributed by atoms with van der Waals surface area (Å²) in [6.07, 6.45) is 5.57. The van der Waals surface area contributed by atoms with Crippen LogP contribution in [0, 0.1) is 0 Å². The zero-order valence-corrected chi connectivity index (χ0v) is 17.2. The molecule has 1 saturated heterocycles. The van der Waals surface area contributed by atoms with Gasteiger partial charge in [-0.05, 0) is 25.5 Å². The molecule has 1 amide bonds. The van der Waals surface area contributed by atoms with E-state index in [0.29, 0.717) is 49.5 Å². The zero-order chi connectivity index (χ0) is 21.6. The molecule has 3 N–H and O–H groups in total. The maximum absolute atomic E-state index is 13.0. The van der Waals surface area contributed by atoms with Gasteiger partial charge in [-0.1, -0.05) is 12.1 Å². The Labute approximate surface area is 178 Å². The van der Waals surface area contributed by atoms with Crippen molar-refractivity contribution in [1.29, 1.82) is 0 Å². The molecule has 1 aliphatic rings. The third kappa shape index (κ3) is 3.38. The molecule has 1 aliphatic heterocycles. The second kappa shape index (κ2) is 7.31. The molecule has 10 nitrogen and oxygen atoms in total. The van der Waals surface area contributed by atoms with Gasteiger partial charge in [0.05, 0.1) is 35.3 Å². The monoisotopic (exact) mass is 420 g/mol. The van der Waals surface area contributed by atoms with Gasteiger partial charge in [-0.15, -0.1) is 0 Å². The second-order valence-electron chi connectivity index (χ2n) is 8.22. The maximum Gasteiger partial charge on any atom is 0.224 e. The molecule has 160 valence electrons. The van der Waals surface area contributed by atoms with Crippen molar-refractivity contribution < 1.29 is 9.90 Å². The van der Waals surface area contributed by atoms with Crippen molar-refractivity contribution in [2.24, 2.45) is 0 Å². The van der Waals surface area contributed by atoms with Crippen LogP contribution in [0.2, 0.25) is 0 Å². The number of fused-ring (bicyclic) bond motifs is 2. The standard InChI is InChI=1S/C21H24N8O2/c1-21(31)7-9-27(10-16(21)29-13-26-18-19(22)23-11-24-20(18)29)17(30)6-8-28-12-25-14-4-2-3-5-15(14)28/h2-5,11-13,16,31H,6-10H2,1H3,(H2,22,23,24)/t16-,21-/m1/s1. The van der Waals surface area contributed by atoms with Crippen LogP contribution >= 0.6 is 0 Å². The third-order valence-electron chi connectivity index (χ3n) is 6.17. The number of anilines is 1. The lowest BCUT2D eigenvalue weighted by atomic mass is 9.88. The number of carbonyl (C=O) groups excluding carboxylic acids is 1. The number of amides is 1. The molecule has 1 fully saturated rings. The van der Waals surface area contributed by atoms with E-state index < -0.39 is 11.6 Å². The highest BCUT2D eigenvalue weighted by atomic mass is 16.3. The molecule has 4 aromatic rings. The van der Waals surface area contributed by atoms with Crippen molar-refractivity contribution in [3.8, 4) is 0 Å². The number of aryl methyl sites for hydroxylation is 1. The minimum Gasteiger partial charge on any atom is -0.388 e. The number of nitrogen functional groups attached to an aromatic ring is 1. The summed E-state index contributed by atoms with van der Waals surface area (Å²) in [7, 11) is 0. The molecule has 0 bridgehead atoms. The average Bonchev–Trinajstić information content (AvgIpc) is 3.37. The Morgan fingerprint density at radius 1 is 1.23 bits per heavy atom. The van der Waals surface area contributed by atoms with Crippen molar-refractivity contribution in [2.75, 3.05) is 18.8 Å². The first-order chi connectivity index (χ1) is 14.9. The van der Waals surface area contributed by atoms with Crippen LogP contribution in [0.3, 0.4) is 0 Å². The highest BCUT2D eigenvalue weighted by Gasteiger charge is 2.41. The van der Waals surface area contributed by atoms with Crippen molar-refractivity contribution in [1.82, 2.24) is 34.0 Å². The molecule has 3 aromatic heterocycles. The van der Waals surface area contributed by atoms with Gasteiger partial charge in [0.25, 0.3) is 0 Å². The first kappa shape index (κ1) is 19.4. The molecular weight excluding hydrogens is 396 g/mol. The number of nitrogens with two attached hydrogens (primary N) is 1. The van der Waals surface area contributed by atoms with Gasteiger partial charge in [0, 0.05) is 26.1 Å². The molecule has 0 radical (unpaired) electrons. The minimum absolute atomic E-state index is 0.0387. The number of imidazole rings is 2. The molecule has 0 spiro atoms. The summed E-state index contributed by atoms with van der Waals surface area (Å²) < 4.78 is 3.80. The summed E-state index contributed by atoms with van der Waals surface area (Å²) >= 11 is 0. The van der Waals surface area contributed by atoms with Crippen LogP contribution in [0.25, 0.3) is 22.2 Å². The Balaban J connectivity index is 1.34. The summed E-state index contributed by atoms with van der Waals surface area (Å²) in [6.45, 7) is 3.20. The summed E-state index contributed by atoms with van der Waals surface area (Å²) in [5.74, 6) is 0.330. The molecule has 4 heterocycles. The smallest absolute Gasteiger partial charge is 0.224 e. The van der Waals surface area contributed by atoms with Gasteiger partial charge in [0.15, 0.2) is 11.5 Å². The van der Waals surface area contributed by atoms with Gasteiger partial charge in [-0.2, -0.15) is 0 Å². The van der Waals surface area contributed by atoms with Crippen molar-refractivity contribution in [3.05, 3.63) is 43.2 Å². The summed E-state index contributed by atoms with van der Waals surface area (Å²) in [5, 5.41) is 11.1. The lowest BCUT2D eigenvalue weighted by Crippen LogP contribution is -2.52. The molecule has 5 rings (SSSR count). The van der Waals surface area contributed by atoms with Crippen LogP contribution in [0.1, 0.15) is 25.8 Å². The lowest BCUT2D eigenvalue weighted by molar-refractivity contribution is -0.138. The number of hydrogen-bond acceptors (Lipinski definition) is 7. The van der Waals surface area contributed by atoms with E-state index in [1.165, 1.54) is 6.33 Å². The number of piperidine rings is 1. The SMILES string of the molecule is C[C@@]1(O)CCN(C(=O)CCn2cnc3ccccc32)C[C@H]1n1cnc2c(N)ncnc21. The molecule has 0 unspecified atom stereocenters. The highest BCUT2D eigenvalue weighted by Crippen LogP contribution is 2.34. The molecule has 1 aromatic carbocycles. The van der Waals surface area contributed by atoms with Crippen molar-refractivity contribution >= 4 is 33.9 Å². The van der Waals surface area contributed by atoms with Crippen LogP contribution in [-0.4, -0.2) is 63.7 Å². The van der Waals surface area contributed by atoms with E-state index in [0.717, 1.165) is 11.0 Å². The van der Waals surface area contributed by atoms with Gasteiger partial charge in [0.1, 0.15) is 11.8 Å². The number of aliphatic hydroxyl groups is 1. The van der Waals surface area contributed by atoms with Crippen LogP contribution in [0.5, 0.6) is 0 Å². The Morgan fingerprint density at radius 3 is 2.94 bits per heavy atom. The quantitative estimate of drug-likeness (QED) is 0.510. The number of benzene rings is 1. The summed E-state index contributed by atoms with van der Waals surface area (Å²) in [6, 6.07) is 7.47. The fourth-order valence-corrected chi connectivity index (χ4v) is 4.30. The van der Waals surface area contributed by atoms with Crippen LogP contribution < -0.4 is 5.73 Å². The fraction of sp³-hybridized carbons (Fsp3) is 0.381. The topological polar surface area (TPSA) is 128 Å². The van der Waals surface area contributed by atoms with Gasteiger partial charge < -0.3 is 24.9 Å². The number of nitrogens with zero attached hydrogens (tertiary/aromatic N) is 7. The normalized spacial score (nSPS) is 21.7. The van der Waals surface area contributed by atoms with Gasteiger partial charge in [-0.3, -0.25) is 4.79 Å². The van der Waals surface area contributed by atoms with Gasteiger partial charge >= 0.3 is 0 Å². The Morgan fingerprint density at radius 2 is 2.06 bits per heavy atom. The molecule has 31 heavy (non-hydrogen) atoms. The van der Waals surface area contributed by atoms with E-state index in [1.54, 1.807) is 29.0 Å². The Hall–Kier alpha value is -3.53. The van der Waals surface area contributed by atoms with Crippen molar-refractivity contribution in [2.45, 2.75) is 38.0 Å². The van der Waals surface area contributed by atoms with E-state index >= 15 is 0 Å². The summed E-state index contributed by atoms with van der Waals surface area (Å²) in [5.41, 5.74) is 7.87. The minimum atomic E-state index is -1.01. The Kier molecular flexibility index (Phi) is 4.58. The van der Waals surface area contributed by atoms with E-state index in [-0.39, 0.29) is 5.91 Å². The lowest BCUT2D eigenvalue weighted by Gasteiger charge is -2.43. The predicted octanol–water partition coefficient (Wildman–Crippen LogP) is 1.37. The fourth-order valence-electron chi connectivity index (χ4n) is 4.30. The maximum atomic E-state index is 13.0. The van der Waals surface area contributed by atoms with E-state index in [9.17, 15) is 9.90 Å².